The van der Waals surface area contributed by atoms with E-state index in [1.54, 1.807) is 0 Å². The van der Waals surface area contributed by atoms with Crippen molar-refractivity contribution < 1.29 is 9.53 Å². The molecule has 1 aromatic rings. The van der Waals surface area contributed by atoms with Crippen LogP contribution in [-0.2, 0) is 9.53 Å². The molecular formula is C13H12Br2O2. The largest absolute Gasteiger partial charge is 0.462 e. The first-order valence-corrected chi connectivity index (χ1v) is 7.04. The maximum Gasteiger partial charge on any atom is 0.335 e. The zero-order valence-corrected chi connectivity index (χ0v) is 12.5. The monoisotopic (exact) mass is 358 g/mol. The molecule has 2 rings (SSSR count). The molecule has 4 heteroatoms. The highest BCUT2D eigenvalue weighted by Gasteiger charge is 2.37. The minimum atomic E-state index is -0.218. The van der Waals surface area contributed by atoms with Crippen molar-refractivity contribution in [1.82, 2.24) is 0 Å². The number of carbonyl (C=O) groups excluding carboxylic acids is 1. The van der Waals surface area contributed by atoms with Gasteiger partial charge in [-0.25, -0.2) is 4.79 Å². The maximum atomic E-state index is 11.6. The van der Waals surface area contributed by atoms with E-state index in [4.69, 9.17) is 4.74 Å². The van der Waals surface area contributed by atoms with Crippen molar-refractivity contribution in [2.24, 2.45) is 5.92 Å². The third-order valence-electron chi connectivity index (χ3n) is 2.83. The van der Waals surface area contributed by atoms with Gasteiger partial charge in [0.1, 0.15) is 6.61 Å². The van der Waals surface area contributed by atoms with Gasteiger partial charge in [-0.3, -0.25) is 0 Å². The number of ether oxygens (including phenoxy) is 1. The van der Waals surface area contributed by atoms with E-state index >= 15 is 0 Å². The zero-order valence-electron chi connectivity index (χ0n) is 9.32. The first kappa shape index (κ1) is 12.8. The Hall–Kier alpha value is -0.610. The predicted molar refractivity (Wildman–Crippen MR) is 74.2 cm³/mol. The van der Waals surface area contributed by atoms with Gasteiger partial charge in [-0.2, -0.15) is 0 Å². The number of alkyl halides is 1. The van der Waals surface area contributed by atoms with Crippen molar-refractivity contribution in [2.75, 3.05) is 6.61 Å². The van der Waals surface area contributed by atoms with Crippen LogP contribution in [0.1, 0.15) is 17.3 Å². The molecule has 1 aliphatic rings. The second kappa shape index (κ2) is 5.36. The van der Waals surface area contributed by atoms with Gasteiger partial charge in [0.25, 0.3) is 0 Å². The number of hydrogen-bond acceptors (Lipinski definition) is 2. The SMILES string of the molecule is C/C(Br)=C1/C(=O)OCC1C(Br)c1ccccc1. The number of allylic oxidation sites excluding steroid dienone is 1. The maximum absolute atomic E-state index is 11.6. The van der Waals surface area contributed by atoms with Gasteiger partial charge in [0.2, 0.25) is 0 Å². The third-order valence-corrected chi connectivity index (χ3v) is 4.42. The number of hydrogen-bond donors (Lipinski definition) is 0. The Morgan fingerprint density at radius 3 is 2.65 bits per heavy atom. The summed E-state index contributed by atoms with van der Waals surface area (Å²) in [4.78, 5) is 11.7. The second-order valence-corrected chi connectivity index (χ2v) is 6.14. The average molecular weight is 360 g/mol. The second-order valence-electron chi connectivity index (χ2n) is 3.96. The van der Waals surface area contributed by atoms with Gasteiger partial charge in [0, 0.05) is 15.2 Å². The molecule has 0 aliphatic carbocycles. The fourth-order valence-corrected chi connectivity index (χ4v) is 3.15. The van der Waals surface area contributed by atoms with E-state index in [-0.39, 0.29) is 16.7 Å². The van der Waals surface area contributed by atoms with Crippen molar-refractivity contribution in [3.63, 3.8) is 0 Å². The zero-order chi connectivity index (χ0) is 12.4. The van der Waals surface area contributed by atoms with Crippen molar-refractivity contribution in [3.05, 3.63) is 46.0 Å². The van der Waals surface area contributed by atoms with E-state index in [1.807, 2.05) is 37.3 Å². The molecule has 1 fully saturated rings. The standard InChI is InChI=1S/C13H12Br2O2/c1-8(14)11-10(7-17-13(11)16)12(15)9-5-3-2-4-6-9/h2-6,10,12H,7H2,1H3/b11-8-. The molecule has 0 radical (unpaired) electrons. The Balaban J connectivity index is 2.30. The van der Waals surface area contributed by atoms with E-state index < -0.39 is 0 Å². The van der Waals surface area contributed by atoms with Crippen LogP contribution in [0.4, 0.5) is 0 Å². The molecule has 90 valence electrons. The summed E-state index contributed by atoms with van der Waals surface area (Å²) in [5, 5.41) is 0. The van der Waals surface area contributed by atoms with Crippen molar-refractivity contribution >= 4 is 37.8 Å². The molecule has 0 amide bonds. The fourth-order valence-electron chi connectivity index (χ4n) is 1.97. The van der Waals surface area contributed by atoms with E-state index in [0.717, 1.165) is 15.6 Å². The van der Waals surface area contributed by atoms with Crippen LogP contribution < -0.4 is 0 Å². The molecule has 2 unspecified atom stereocenters. The lowest BCUT2D eigenvalue weighted by molar-refractivity contribution is -0.135. The minimum Gasteiger partial charge on any atom is -0.462 e. The van der Waals surface area contributed by atoms with E-state index in [1.165, 1.54) is 0 Å². The van der Waals surface area contributed by atoms with Gasteiger partial charge < -0.3 is 4.74 Å². The topological polar surface area (TPSA) is 26.3 Å². The number of cyclic esters (lactones) is 1. The van der Waals surface area contributed by atoms with Crippen molar-refractivity contribution in [2.45, 2.75) is 11.8 Å². The van der Waals surface area contributed by atoms with Gasteiger partial charge >= 0.3 is 5.97 Å². The third kappa shape index (κ3) is 2.63. The van der Waals surface area contributed by atoms with Crippen molar-refractivity contribution in [1.29, 1.82) is 0 Å². The summed E-state index contributed by atoms with van der Waals surface area (Å²) in [6.45, 7) is 2.31. The minimum absolute atomic E-state index is 0.0595. The lowest BCUT2D eigenvalue weighted by atomic mass is 9.94. The molecule has 0 saturated carbocycles. The molecule has 0 spiro atoms. The van der Waals surface area contributed by atoms with Crippen LogP contribution >= 0.6 is 31.9 Å². The smallest absolute Gasteiger partial charge is 0.335 e. The Kier molecular flexibility index (Phi) is 4.05. The molecule has 0 N–H and O–H groups in total. The number of halogens is 2. The summed E-state index contributed by atoms with van der Waals surface area (Å²) in [5.74, 6) is -0.158. The summed E-state index contributed by atoms with van der Waals surface area (Å²) in [6, 6.07) is 10.1. The number of rotatable bonds is 2. The lowest BCUT2D eigenvalue weighted by Gasteiger charge is -2.17. The average Bonchev–Trinajstić information content (AvgIpc) is 2.71. The number of benzene rings is 1. The molecule has 2 nitrogen and oxygen atoms in total. The van der Waals surface area contributed by atoms with Crippen LogP contribution in [-0.4, -0.2) is 12.6 Å². The van der Waals surface area contributed by atoms with Crippen LogP contribution in [0.5, 0.6) is 0 Å². The normalized spacial score (nSPS) is 24.4. The lowest BCUT2D eigenvalue weighted by Crippen LogP contribution is -2.11. The molecule has 1 aliphatic heterocycles. The van der Waals surface area contributed by atoms with Gasteiger partial charge in [-0.05, 0) is 12.5 Å². The summed E-state index contributed by atoms with van der Waals surface area (Å²) >= 11 is 7.04. The first-order chi connectivity index (χ1) is 8.11. The Morgan fingerprint density at radius 2 is 2.06 bits per heavy atom. The van der Waals surface area contributed by atoms with E-state index in [0.29, 0.717) is 6.61 Å². The molecule has 0 aromatic heterocycles. The highest BCUT2D eigenvalue weighted by Crippen LogP contribution is 2.41. The van der Waals surface area contributed by atoms with Gasteiger partial charge in [-0.1, -0.05) is 62.2 Å². The van der Waals surface area contributed by atoms with Crippen molar-refractivity contribution in [3.8, 4) is 0 Å². The molecule has 0 bridgehead atoms. The molecule has 1 saturated heterocycles. The van der Waals surface area contributed by atoms with Gasteiger partial charge in [0.15, 0.2) is 0 Å². The predicted octanol–water partition coefficient (Wildman–Crippen LogP) is 3.96. The van der Waals surface area contributed by atoms with Crippen LogP contribution in [0.25, 0.3) is 0 Å². The quantitative estimate of drug-likeness (QED) is 0.453. The highest BCUT2D eigenvalue weighted by molar-refractivity contribution is 9.11. The number of carbonyl (C=O) groups is 1. The van der Waals surface area contributed by atoms with Crippen LogP contribution in [0.15, 0.2) is 40.4 Å². The molecule has 1 heterocycles. The summed E-state index contributed by atoms with van der Waals surface area (Å²) in [5.41, 5.74) is 1.89. The first-order valence-electron chi connectivity index (χ1n) is 5.33. The molecule has 17 heavy (non-hydrogen) atoms. The van der Waals surface area contributed by atoms with Gasteiger partial charge in [0.05, 0.1) is 5.57 Å². The summed E-state index contributed by atoms with van der Waals surface area (Å²) in [6.07, 6.45) is 0. The summed E-state index contributed by atoms with van der Waals surface area (Å²) < 4.78 is 5.98. The van der Waals surface area contributed by atoms with Crippen LogP contribution in [0.2, 0.25) is 0 Å². The van der Waals surface area contributed by atoms with E-state index in [9.17, 15) is 4.79 Å². The Morgan fingerprint density at radius 1 is 1.41 bits per heavy atom. The Labute approximate surface area is 117 Å². The molecule has 2 atom stereocenters. The summed E-state index contributed by atoms with van der Waals surface area (Å²) in [7, 11) is 0. The molecule has 1 aromatic carbocycles. The fraction of sp³-hybridized carbons (Fsp3) is 0.308. The van der Waals surface area contributed by atoms with E-state index in [2.05, 4.69) is 31.9 Å². The van der Waals surface area contributed by atoms with Crippen LogP contribution in [0, 0.1) is 5.92 Å². The van der Waals surface area contributed by atoms with Crippen LogP contribution in [0.3, 0.4) is 0 Å². The number of esters is 1. The van der Waals surface area contributed by atoms with Gasteiger partial charge in [-0.15, -0.1) is 0 Å². The Bertz CT molecular complexity index is 450. The molecular weight excluding hydrogens is 348 g/mol. The highest BCUT2D eigenvalue weighted by atomic mass is 79.9.